The number of hydrogen-bond donors (Lipinski definition) is 3. The molecule has 1 rings (SSSR count). The van der Waals surface area contributed by atoms with Gasteiger partial charge in [0.05, 0.1) is 5.56 Å². The number of carbonyl (C=O) groups is 1. The number of carboxylic acids is 1. The first-order valence-electron chi connectivity index (χ1n) is 3.04. The fourth-order valence-electron chi connectivity index (χ4n) is 0.748. The first kappa shape index (κ1) is 8.32. The van der Waals surface area contributed by atoms with Gasteiger partial charge in [-0.3, -0.25) is 0 Å². The van der Waals surface area contributed by atoms with Crippen molar-refractivity contribution in [2.75, 3.05) is 5.73 Å². The molecule has 0 saturated carbocycles. The smallest absolute Gasteiger partial charge is 0.338 e. The summed E-state index contributed by atoms with van der Waals surface area (Å²) in [6, 6.07) is 1.98. The number of nitrogens with two attached hydrogens (primary N) is 1. The second-order valence-corrected chi connectivity index (χ2v) is 2.17. The van der Waals surface area contributed by atoms with Crippen molar-refractivity contribution in [2.24, 2.45) is 0 Å². The lowest BCUT2D eigenvalue weighted by Gasteiger charge is -2.02. The first-order chi connectivity index (χ1) is 5.54. The molecule has 5 heteroatoms. The minimum absolute atomic E-state index is 0.461. The van der Waals surface area contributed by atoms with Gasteiger partial charge in [0.2, 0.25) is 0 Å². The summed E-state index contributed by atoms with van der Waals surface area (Å²) in [7, 11) is 0. The predicted molar refractivity (Wildman–Crippen MR) is 39.4 cm³/mol. The average molecular weight is 171 g/mol. The van der Waals surface area contributed by atoms with E-state index < -0.39 is 28.8 Å². The largest absolute Gasteiger partial charge is 0.506 e. The molecule has 4 N–H and O–H groups in total. The van der Waals surface area contributed by atoms with Crippen LogP contribution in [0, 0.1) is 5.82 Å². The number of carboxylic acid groups (broad SMARTS) is 1. The van der Waals surface area contributed by atoms with Crippen molar-refractivity contribution in [3.8, 4) is 5.75 Å². The molecule has 0 radical (unpaired) electrons. The summed E-state index contributed by atoms with van der Waals surface area (Å²) in [5, 5.41) is 17.3. The van der Waals surface area contributed by atoms with Gasteiger partial charge in [-0.2, -0.15) is 0 Å². The van der Waals surface area contributed by atoms with Crippen molar-refractivity contribution in [1.29, 1.82) is 0 Å². The Morgan fingerprint density at radius 1 is 1.50 bits per heavy atom. The van der Waals surface area contributed by atoms with Gasteiger partial charge in [0.25, 0.3) is 0 Å². The van der Waals surface area contributed by atoms with E-state index in [-0.39, 0.29) is 0 Å². The zero-order valence-electron chi connectivity index (χ0n) is 5.91. The number of hydrogen-bond acceptors (Lipinski definition) is 3. The molecule has 12 heavy (non-hydrogen) atoms. The number of anilines is 1. The predicted octanol–water partition coefficient (Wildman–Crippen LogP) is 0.812. The fourth-order valence-corrected chi connectivity index (χ4v) is 0.748. The van der Waals surface area contributed by atoms with E-state index in [0.29, 0.717) is 0 Å². The van der Waals surface area contributed by atoms with Crippen LogP contribution in [-0.4, -0.2) is 16.2 Å². The second-order valence-electron chi connectivity index (χ2n) is 2.17. The first-order valence-corrected chi connectivity index (χ1v) is 3.04. The normalized spacial score (nSPS) is 9.75. The SMILES string of the molecule is Nc1c(O)ccc(C(=O)O)c1F. The van der Waals surface area contributed by atoms with E-state index in [1.807, 2.05) is 0 Å². The van der Waals surface area contributed by atoms with E-state index in [1.54, 1.807) is 0 Å². The molecule has 0 unspecified atom stereocenters. The number of rotatable bonds is 1. The van der Waals surface area contributed by atoms with E-state index in [0.717, 1.165) is 12.1 Å². The Morgan fingerprint density at radius 3 is 2.58 bits per heavy atom. The fraction of sp³-hybridized carbons (Fsp3) is 0. The molecule has 0 bridgehead atoms. The molecule has 0 saturated heterocycles. The van der Waals surface area contributed by atoms with Crippen molar-refractivity contribution in [2.45, 2.75) is 0 Å². The van der Waals surface area contributed by atoms with Crippen LogP contribution < -0.4 is 5.73 Å². The van der Waals surface area contributed by atoms with Gasteiger partial charge in [0, 0.05) is 0 Å². The minimum atomic E-state index is -1.42. The summed E-state index contributed by atoms with van der Waals surface area (Å²) < 4.78 is 12.8. The van der Waals surface area contributed by atoms with E-state index in [2.05, 4.69) is 0 Å². The van der Waals surface area contributed by atoms with Crippen molar-refractivity contribution < 1.29 is 19.4 Å². The molecule has 0 aliphatic heterocycles. The summed E-state index contributed by atoms with van der Waals surface area (Å²) in [5.41, 5.74) is 3.94. The van der Waals surface area contributed by atoms with Gasteiger partial charge in [-0.15, -0.1) is 0 Å². The molecular formula is C7H6FNO3. The van der Waals surface area contributed by atoms with E-state index in [9.17, 15) is 9.18 Å². The number of nitrogen functional groups attached to an aromatic ring is 1. The third-order valence-corrected chi connectivity index (χ3v) is 1.39. The number of halogens is 1. The van der Waals surface area contributed by atoms with Gasteiger partial charge in [0.1, 0.15) is 11.4 Å². The minimum Gasteiger partial charge on any atom is -0.506 e. The van der Waals surface area contributed by atoms with Gasteiger partial charge in [0.15, 0.2) is 5.82 Å². The van der Waals surface area contributed by atoms with Crippen LogP contribution in [0.5, 0.6) is 5.75 Å². The van der Waals surface area contributed by atoms with Crippen LogP contribution in [0.25, 0.3) is 0 Å². The molecule has 0 fully saturated rings. The molecule has 0 atom stereocenters. The number of benzene rings is 1. The molecule has 0 spiro atoms. The third-order valence-electron chi connectivity index (χ3n) is 1.39. The highest BCUT2D eigenvalue weighted by Gasteiger charge is 2.14. The molecular weight excluding hydrogens is 165 g/mol. The second kappa shape index (κ2) is 2.69. The Hall–Kier alpha value is -1.78. The molecule has 64 valence electrons. The summed E-state index contributed by atoms with van der Waals surface area (Å²) >= 11 is 0. The van der Waals surface area contributed by atoms with Crippen LogP contribution in [0.3, 0.4) is 0 Å². The Morgan fingerprint density at radius 2 is 2.08 bits per heavy atom. The highest BCUT2D eigenvalue weighted by Crippen LogP contribution is 2.25. The molecule has 0 aliphatic carbocycles. The van der Waals surface area contributed by atoms with Crippen LogP contribution in [0.15, 0.2) is 12.1 Å². The summed E-state index contributed by atoms with van der Waals surface area (Å²) in [6.45, 7) is 0. The highest BCUT2D eigenvalue weighted by molar-refractivity contribution is 5.89. The average Bonchev–Trinajstić information content (AvgIpc) is 2.00. The maximum absolute atomic E-state index is 12.8. The Labute approximate surface area is 67.1 Å². The van der Waals surface area contributed by atoms with Crippen molar-refractivity contribution in [3.63, 3.8) is 0 Å². The van der Waals surface area contributed by atoms with Crippen molar-refractivity contribution >= 4 is 11.7 Å². The number of aromatic hydroxyl groups is 1. The topological polar surface area (TPSA) is 83.5 Å². The molecule has 1 aromatic carbocycles. The van der Waals surface area contributed by atoms with Gasteiger partial charge in [-0.05, 0) is 12.1 Å². The maximum atomic E-state index is 12.8. The van der Waals surface area contributed by atoms with Crippen LogP contribution in [-0.2, 0) is 0 Å². The number of phenols is 1. The Kier molecular flexibility index (Phi) is 1.86. The van der Waals surface area contributed by atoms with Gasteiger partial charge in [-0.25, -0.2) is 9.18 Å². The highest BCUT2D eigenvalue weighted by atomic mass is 19.1. The standard InChI is InChI=1S/C7H6FNO3/c8-5-3(7(11)12)1-2-4(10)6(5)9/h1-2,10H,9H2,(H,11,12). The summed E-state index contributed by atoms with van der Waals surface area (Å²) in [4.78, 5) is 10.3. The lowest BCUT2D eigenvalue weighted by atomic mass is 10.2. The van der Waals surface area contributed by atoms with Crippen molar-refractivity contribution in [3.05, 3.63) is 23.5 Å². The molecule has 1 aromatic rings. The molecule has 0 aliphatic rings. The zero-order valence-corrected chi connectivity index (χ0v) is 5.91. The van der Waals surface area contributed by atoms with Crippen LogP contribution >= 0.6 is 0 Å². The lowest BCUT2D eigenvalue weighted by molar-refractivity contribution is 0.0692. The number of aromatic carboxylic acids is 1. The molecule has 0 aromatic heterocycles. The van der Waals surface area contributed by atoms with Gasteiger partial charge in [-0.1, -0.05) is 0 Å². The zero-order chi connectivity index (χ0) is 9.30. The van der Waals surface area contributed by atoms with E-state index in [4.69, 9.17) is 15.9 Å². The van der Waals surface area contributed by atoms with Crippen LogP contribution in [0.2, 0.25) is 0 Å². The monoisotopic (exact) mass is 171 g/mol. The van der Waals surface area contributed by atoms with E-state index in [1.165, 1.54) is 0 Å². The third kappa shape index (κ3) is 1.16. The van der Waals surface area contributed by atoms with Gasteiger partial charge >= 0.3 is 5.97 Å². The van der Waals surface area contributed by atoms with E-state index >= 15 is 0 Å². The number of phenolic OH excluding ortho intramolecular Hbond substituents is 1. The quantitative estimate of drug-likeness (QED) is 0.431. The summed E-state index contributed by atoms with van der Waals surface area (Å²) in [6.07, 6.45) is 0. The summed E-state index contributed by atoms with van der Waals surface area (Å²) in [5.74, 6) is -2.99. The molecule has 4 nitrogen and oxygen atoms in total. The van der Waals surface area contributed by atoms with Crippen molar-refractivity contribution in [1.82, 2.24) is 0 Å². The Balaban J connectivity index is 3.36. The Bertz CT molecular complexity index is 338. The maximum Gasteiger partial charge on any atom is 0.338 e. The lowest BCUT2D eigenvalue weighted by Crippen LogP contribution is -2.03. The molecule has 0 amide bonds. The van der Waals surface area contributed by atoms with Gasteiger partial charge < -0.3 is 15.9 Å². The van der Waals surface area contributed by atoms with Crippen LogP contribution in [0.1, 0.15) is 10.4 Å². The van der Waals surface area contributed by atoms with Crippen LogP contribution in [0.4, 0.5) is 10.1 Å². The molecule has 0 heterocycles.